The van der Waals surface area contributed by atoms with Crippen molar-refractivity contribution in [1.29, 1.82) is 0 Å². The molecule has 1 aliphatic rings. The monoisotopic (exact) mass is 521 g/mol. The minimum atomic E-state index is 0.493. The number of aryl methyl sites for hydroxylation is 1. The molecule has 0 amide bonds. The summed E-state index contributed by atoms with van der Waals surface area (Å²) in [6, 6.07) is 8.20. The molecule has 2 aromatic heterocycles. The van der Waals surface area contributed by atoms with Crippen LogP contribution in [0, 0.1) is 32.1 Å². The summed E-state index contributed by atoms with van der Waals surface area (Å²) in [5, 5.41) is 3.45. The number of hydrogen-bond acceptors (Lipinski definition) is 6. The number of allylic oxidation sites excluding steroid dienone is 3. The number of aliphatic imine (C=N–C) groups is 4. The molecule has 0 aliphatic carbocycles. The molecule has 7 nitrogen and oxygen atoms in total. The largest absolute Gasteiger partial charge is 0.379 e. The fourth-order valence-electron chi connectivity index (χ4n) is 3.64. The lowest BCUT2D eigenvalue weighted by molar-refractivity contribution is 0.840. The zero-order valence-corrected chi connectivity index (χ0v) is 23.9. The van der Waals surface area contributed by atoms with Gasteiger partial charge in [0.15, 0.2) is 5.84 Å². The Morgan fingerprint density at radius 2 is 1.87 bits per heavy atom. The molecule has 0 bridgehead atoms. The Bertz CT molecular complexity index is 1300. The first-order valence-electron chi connectivity index (χ1n) is 12.6. The van der Waals surface area contributed by atoms with Crippen LogP contribution in [0.2, 0.25) is 0 Å². The van der Waals surface area contributed by atoms with E-state index in [2.05, 4.69) is 86.7 Å². The number of hydrogen-bond donors (Lipinski definition) is 1. The number of aromatic nitrogens is 2. The lowest BCUT2D eigenvalue weighted by Crippen LogP contribution is -2.28. The zero-order valence-electron chi connectivity index (χ0n) is 23.9. The van der Waals surface area contributed by atoms with Crippen LogP contribution in [-0.4, -0.2) is 47.0 Å². The summed E-state index contributed by atoms with van der Waals surface area (Å²) in [6.07, 6.45) is 22.9. The SMILES string of the molecule is C#C.C#CC.CCN=C(C)/C=C(\C)Cc1ccc(CN=C2N=CC=C(NCc3ccnc(C)c3)C2=NC)cn1. The number of nitrogens with one attached hydrogen (secondary N) is 1. The maximum Gasteiger partial charge on any atom is 0.175 e. The summed E-state index contributed by atoms with van der Waals surface area (Å²) in [5.74, 6) is 2.87. The Labute approximate surface area is 234 Å². The van der Waals surface area contributed by atoms with Crippen LogP contribution in [0.3, 0.4) is 0 Å². The second-order valence-corrected chi connectivity index (χ2v) is 8.46. The molecule has 1 N–H and O–H groups in total. The Morgan fingerprint density at radius 1 is 1.13 bits per heavy atom. The van der Waals surface area contributed by atoms with Crippen molar-refractivity contribution in [2.45, 2.75) is 54.1 Å². The molecule has 1 aliphatic heterocycles. The van der Waals surface area contributed by atoms with E-state index in [1.54, 1.807) is 20.2 Å². The Morgan fingerprint density at radius 3 is 2.49 bits per heavy atom. The van der Waals surface area contributed by atoms with Crippen LogP contribution >= 0.6 is 0 Å². The lowest BCUT2D eigenvalue weighted by Gasteiger charge is -2.16. The van der Waals surface area contributed by atoms with Crippen molar-refractivity contribution < 1.29 is 0 Å². The number of nitrogens with zero attached hydrogens (tertiary/aromatic N) is 6. The van der Waals surface area contributed by atoms with Crippen LogP contribution in [0.25, 0.3) is 0 Å². The maximum absolute atomic E-state index is 4.71. The van der Waals surface area contributed by atoms with Gasteiger partial charge in [0.2, 0.25) is 0 Å². The Kier molecular flexibility index (Phi) is 15.5. The molecule has 39 heavy (non-hydrogen) atoms. The Balaban J connectivity index is 0.00000142. The van der Waals surface area contributed by atoms with Gasteiger partial charge in [-0.15, -0.1) is 25.2 Å². The molecule has 0 radical (unpaired) electrons. The molecule has 0 spiro atoms. The summed E-state index contributed by atoms with van der Waals surface area (Å²) < 4.78 is 0. The summed E-state index contributed by atoms with van der Waals surface area (Å²) in [5.41, 5.74) is 8.17. The van der Waals surface area contributed by atoms with E-state index in [-0.39, 0.29) is 0 Å². The van der Waals surface area contributed by atoms with Gasteiger partial charge in [0.1, 0.15) is 5.71 Å². The van der Waals surface area contributed by atoms with Gasteiger partial charge >= 0.3 is 0 Å². The fourth-order valence-corrected chi connectivity index (χ4v) is 3.64. The predicted octanol–water partition coefficient (Wildman–Crippen LogP) is 5.37. The third-order valence-corrected chi connectivity index (χ3v) is 5.19. The number of pyridine rings is 2. The van der Waals surface area contributed by atoms with Gasteiger partial charge in [-0.05, 0) is 76.1 Å². The van der Waals surface area contributed by atoms with E-state index < -0.39 is 0 Å². The molecule has 0 saturated heterocycles. The second kappa shape index (κ2) is 18.6. The third-order valence-electron chi connectivity index (χ3n) is 5.19. The van der Waals surface area contributed by atoms with E-state index in [1.165, 1.54) is 5.57 Å². The van der Waals surface area contributed by atoms with Gasteiger partial charge in [0.25, 0.3) is 0 Å². The normalized spacial score (nSPS) is 14.9. The van der Waals surface area contributed by atoms with Crippen LogP contribution in [-0.2, 0) is 19.5 Å². The minimum Gasteiger partial charge on any atom is -0.379 e. The molecule has 202 valence electrons. The molecule has 0 saturated carbocycles. The van der Waals surface area contributed by atoms with Gasteiger partial charge in [-0.25, -0.2) is 4.99 Å². The summed E-state index contributed by atoms with van der Waals surface area (Å²) in [7, 11) is 1.76. The fraction of sp³-hybridized carbons (Fsp3) is 0.312. The first-order chi connectivity index (χ1) is 18.9. The zero-order chi connectivity index (χ0) is 29.0. The highest BCUT2D eigenvalue weighted by Crippen LogP contribution is 2.11. The first kappa shape index (κ1) is 32.4. The van der Waals surface area contributed by atoms with Gasteiger partial charge in [-0.3, -0.25) is 24.9 Å². The molecule has 0 unspecified atom stereocenters. The molecular weight excluding hydrogens is 482 g/mol. The summed E-state index contributed by atoms with van der Waals surface area (Å²) in [6.45, 7) is 11.8. The van der Waals surface area contributed by atoms with Crippen LogP contribution in [0.4, 0.5) is 0 Å². The first-order valence-corrected chi connectivity index (χ1v) is 12.6. The van der Waals surface area contributed by atoms with E-state index in [9.17, 15) is 0 Å². The van der Waals surface area contributed by atoms with Crippen molar-refractivity contribution in [3.63, 3.8) is 0 Å². The van der Waals surface area contributed by atoms with Crippen molar-refractivity contribution >= 4 is 23.5 Å². The van der Waals surface area contributed by atoms with E-state index in [0.717, 1.165) is 52.6 Å². The molecule has 7 heteroatoms. The average molecular weight is 522 g/mol. The van der Waals surface area contributed by atoms with Gasteiger partial charge in [-0.2, -0.15) is 0 Å². The number of rotatable bonds is 9. The van der Waals surface area contributed by atoms with Crippen molar-refractivity contribution in [1.82, 2.24) is 15.3 Å². The highest BCUT2D eigenvalue weighted by molar-refractivity contribution is 6.50. The average Bonchev–Trinajstić information content (AvgIpc) is 2.93. The van der Waals surface area contributed by atoms with Gasteiger partial charge < -0.3 is 5.32 Å². The molecule has 0 aromatic carbocycles. The van der Waals surface area contributed by atoms with Gasteiger partial charge in [-0.1, -0.05) is 11.6 Å². The third kappa shape index (κ3) is 12.0. The highest BCUT2D eigenvalue weighted by Gasteiger charge is 2.16. The molecule has 3 heterocycles. The van der Waals surface area contributed by atoms with E-state index in [1.807, 2.05) is 45.3 Å². The molecule has 0 fully saturated rings. The van der Waals surface area contributed by atoms with Crippen LogP contribution < -0.4 is 5.32 Å². The topological polar surface area (TPSA) is 87.2 Å². The van der Waals surface area contributed by atoms with Crippen molar-refractivity contribution in [2.24, 2.45) is 20.0 Å². The number of dihydropyridines is 1. The standard InChI is InChI=1S/C27H33N7.C3H4.C2H2/c1-6-29-20(3)13-19(2)14-24-8-7-23(17-32-24)18-34-27-26(28-5)25(10-12-31-27)33-16-22-9-11-30-21(4)15-22;1-3-2;1-2/h7-13,15,17,33H,6,14,16,18H2,1-5H3;1H,2H3;1-2H/b19-13+,28-26?,29-20?,34-27?;;. The second-order valence-electron chi connectivity index (χ2n) is 8.46. The Hall–Kier alpha value is -4.62. The van der Waals surface area contributed by atoms with Crippen molar-refractivity contribution in [3.05, 3.63) is 82.6 Å². The van der Waals surface area contributed by atoms with Crippen molar-refractivity contribution in [2.75, 3.05) is 13.6 Å². The smallest absolute Gasteiger partial charge is 0.175 e. The van der Waals surface area contributed by atoms with Crippen LogP contribution in [0.15, 0.2) is 80.1 Å². The minimum absolute atomic E-state index is 0.493. The predicted molar refractivity (Wildman–Crippen MR) is 167 cm³/mol. The van der Waals surface area contributed by atoms with Crippen LogP contribution in [0.5, 0.6) is 0 Å². The lowest BCUT2D eigenvalue weighted by atomic mass is 10.1. The summed E-state index contributed by atoms with van der Waals surface area (Å²) in [4.78, 5) is 26.9. The molecule has 0 atom stereocenters. The molecular formula is C32H39N7. The van der Waals surface area contributed by atoms with E-state index in [4.69, 9.17) is 4.99 Å². The quantitative estimate of drug-likeness (QED) is 0.355. The molecule has 2 aromatic rings. The van der Waals surface area contributed by atoms with Gasteiger partial charge in [0.05, 0.1) is 12.2 Å². The van der Waals surface area contributed by atoms with E-state index in [0.29, 0.717) is 18.9 Å². The van der Waals surface area contributed by atoms with Gasteiger partial charge in [0, 0.05) is 62.3 Å². The highest BCUT2D eigenvalue weighted by atomic mass is 15.0. The number of terminal acetylenes is 2. The summed E-state index contributed by atoms with van der Waals surface area (Å²) >= 11 is 0. The number of amidine groups is 1. The van der Waals surface area contributed by atoms with Crippen LogP contribution in [0.1, 0.15) is 50.2 Å². The maximum atomic E-state index is 4.71. The van der Waals surface area contributed by atoms with E-state index >= 15 is 0 Å². The van der Waals surface area contributed by atoms with Crippen molar-refractivity contribution in [3.8, 4) is 25.2 Å². The molecule has 3 rings (SSSR count).